The molecule has 110 valence electrons. The van der Waals surface area contributed by atoms with Crippen LogP contribution in [0.3, 0.4) is 0 Å². The minimum absolute atomic E-state index is 0.0739. The van der Waals surface area contributed by atoms with Crippen LogP contribution in [-0.2, 0) is 11.3 Å². The van der Waals surface area contributed by atoms with Gasteiger partial charge in [-0.05, 0) is 31.2 Å². The van der Waals surface area contributed by atoms with E-state index in [1.807, 2.05) is 19.1 Å². The monoisotopic (exact) mass is 294 g/mol. The van der Waals surface area contributed by atoms with Gasteiger partial charge in [-0.15, -0.1) is 11.8 Å². The molecule has 4 nitrogen and oxygen atoms in total. The smallest absolute Gasteiger partial charge is 0.235 e. The van der Waals surface area contributed by atoms with Crippen molar-refractivity contribution in [2.75, 3.05) is 12.3 Å². The first-order valence-electron chi connectivity index (χ1n) is 6.98. The number of nitriles is 1. The van der Waals surface area contributed by atoms with Gasteiger partial charge in [0.2, 0.25) is 5.91 Å². The molecule has 0 aliphatic carbocycles. The summed E-state index contributed by atoms with van der Waals surface area (Å²) in [7, 11) is 0. The zero-order valence-corrected chi connectivity index (χ0v) is 13.0. The zero-order chi connectivity index (χ0) is 14.8. The molecular formula is C15H22N2O2S. The van der Waals surface area contributed by atoms with Crippen molar-refractivity contribution in [1.82, 2.24) is 4.90 Å². The Morgan fingerprint density at radius 3 is 3.00 bits per heavy atom. The molecule has 0 saturated carbocycles. The standard InChI is InChI=1S/C15H22N2O2S/c1-3-4-11-20-13(2)15(18)17(9-6-8-16)12-14-7-5-10-19-14/h5,7,10,13H,3-4,6,9,11-12H2,1-2H3/t13-/m1/s1. The Bertz CT molecular complexity index is 426. The number of hydrogen-bond donors (Lipinski definition) is 0. The van der Waals surface area contributed by atoms with Gasteiger partial charge < -0.3 is 9.32 Å². The van der Waals surface area contributed by atoms with Crippen molar-refractivity contribution in [2.24, 2.45) is 0 Å². The topological polar surface area (TPSA) is 57.2 Å². The van der Waals surface area contributed by atoms with Crippen molar-refractivity contribution in [3.63, 3.8) is 0 Å². The highest BCUT2D eigenvalue weighted by atomic mass is 32.2. The van der Waals surface area contributed by atoms with E-state index >= 15 is 0 Å². The fourth-order valence-corrected chi connectivity index (χ4v) is 2.88. The summed E-state index contributed by atoms with van der Waals surface area (Å²) in [5, 5.41) is 8.64. The van der Waals surface area contributed by atoms with Gasteiger partial charge in [-0.25, -0.2) is 0 Å². The van der Waals surface area contributed by atoms with E-state index in [9.17, 15) is 4.79 Å². The van der Waals surface area contributed by atoms with Crippen molar-refractivity contribution >= 4 is 17.7 Å². The van der Waals surface area contributed by atoms with E-state index in [0.717, 1.165) is 24.4 Å². The molecule has 0 unspecified atom stereocenters. The van der Waals surface area contributed by atoms with Crippen molar-refractivity contribution < 1.29 is 9.21 Å². The Morgan fingerprint density at radius 2 is 2.40 bits per heavy atom. The first kappa shape index (κ1) is 16.6. The Balaban J connectivity index is 2.56. The van der Waals surface area contributed by atoms with Crippen molar-refractivity contribution in [3.8, 4) is 6.07 Å². The number of furan rings is 1. The molecule has 0 saturated heterocycles. The maximum absolute atomic E-state index is 12.4. The molecule has 1 rings (SSSR count). The normalized spacial score (nSPS) is 11.8. The molecule has 0 aliphatic rings. The molecule has 0 spiro atoms. The fourth-order valence-electron chi connectivity index (χ4n) is 1.78. The summed E-state index contributed by atoms with van der Waals surface area (Å²) in [5.74, 6) is 1.83. The van der Waals surface area contributed by atoms with Gasteiger partial charge in [-0.2, -0.15) is 5.26 Å². The average Bonchev–Trinajstić information content (AvgIpc) is 2.95. The zero-order valence-electron chi connectivity index (χ0n) is 12.2. The molecular weight excluding hydrogens is 272 g/mol. The highest BCUT2D eigenvalue weighted by Crippen LogP contribution is 2.17. The lowest BCUT2D eigenvalue weighted by Crippen LogP contribution is -2.36. The number of carbonyl (C=O) groups is 1. The molecule has 5 heteroatoms. The highest BCUT2D eigenvalue weighted by Gasteiger charge is 2.21. The summed E-state index contributed by atoms with van der Waals surface area (Å²) in [6.07, 6.45) is 4.21. The van der Waals surface area contributed by atoms with Crippen LogP contribution in [0.2, 0.25) is 0 Å². The summed E-state index contributed by atoms with van der Waals surface area (Å²) in [6.45, 7) is 4.97. The van der Waals surface area contributed by atoms with Crippen LogP contribution in [0.1, 0.15) is 38.9 Å². The number of thioether (sulfide) groups is 1. The van der Waals surface area contributed by atoms with Crippen molar-refractivity contribution in [3.05, 3.63) is 24.2 Å². The lowest BCUT2D eigenvalue weighted by molar-refractivity contribution is -0.131. The van der Waals surface area contributed by atoms with E-state index in [4.69, 9.17) is 9.68 Å². The van der Waals surface area contributed by atoms with Gasteiger partial charge >= 0.3 is 0 Å². The fraction of sp³-hybridized carbons (Fsp3) is 0.600. The molecule has 20 heavy (non-hydrogen) atoms. The predicted octanol–water partition coefficient (Wildman–Crippen LogP) is 3.44. The van der Waals surface area contributed by atoms with Crippen LogP contribution >= 0.6 is 11.8 Å². The summed E-state index contributed by atoms with van der Waals surface area (Å²) >= 11 is 1.68. The van der Waals surface area contributed by atoms with Gasteiger partial charge in [0, 0.05) is 6.54 Å². The van der Waals surface area contributed by atoms with Crippen LogP contribution in [0, 0.1) is 11.3 Å². The molecule has 1 heterocycles. The van der Waals surface area contributed by atoms with Gasteiger partial charge in [-0.1, -0.05) is 13.3 Å². The lowest BCUT2D eigenvalue weighted by atomic mass is 10.3. The third-order valence-electron chi connectivity index (χ3n) is 2.95. The molecule has 0 aromatic carbocycles. The van der Waals surface area contributed by atoms with Crippen LogP contribution in [0.15, 0.2) is 22.8 Å². The summed E-state index contributed by atoms with van der Waals surface area (Å²) in [6, 6.07) is 5.75. The number of amides is 1. The number of unbranched alkanes of at least 4 members (excludes halogenated alkanes) is 1. The number of carbonyl (C=O) groups excluding carboxylic acids is 1. The molecule has 0 aliphatic heterocycles. The lowest BCUT2D eigenvalue weighted by Gasteiger charge is -2.24. The average molecular weight is 294 g/mol. The second kappa shape index (κ2) is 9.49. The minimum atomic E-state index is -0.0739. The second-order valence-corrected chi connectivity index (χ2v) is 6.06. The van der Waals surface area contributed by atoms with Gasteiger partial charge in [-0.3, -0.25) is 4.79 Å². The number of nitrogens with zero attached hydrogens (tertiary/aromatic N) is 2. The Labute approximate surface area is 125 Å². The van der Waals surface area contributed by atoms with Crippen LogP contribution in [0.4, 0.5) is 0 Å². The predicted molar refractivity (Wildman–Crippen MR) is 81.2 cm³/mol. The van der Waals surface area contributed by atoms with E-state index in [2.05, 4.69) is 13.0 Å². The molecule has 1 aromatic rings. The van der Waals surface area contributed by atoms with Gasteiger partial charge in [0.05, 0.1) is 30.5 Å². The van der Waals surface area contributed by atoms with Crippen molar-refractivity contribution in [2.45, 2.75) is 44.9 Å². The summed E-state index contributed by atoms with van der Waals surface area (Å²) in [4.78, 5) is 14.1. The molecule has 0 bridgehead atoms. The van der Waals surface area contributed by atoms with Crippen LogP contribution < -0.4 is 0 Å². The number of hydrogen-bond acceptors (Lipinski definition) is 4. The molecule has 0 radical (unpaired) electrons. The Kier molecular flexibility index (Phi) is 7.89. The first-order chi connectivity index (χ1) is 9.69. The van der Waals surface area contributed by atoms with Gasteiger partial charge in [0.1, 0.15) is 5.76 Å². The minimum Gasteiger partial charge on any atom is -0.467 e. The molecule has 0 N–H and O–H groups in total. The first-order valence-corrected chi connectivity index (χ1v) is 8.03. The van der Waals surface area contributed by atoms with Crippen molar-refractivity contribution in [1.29, 1.82) is 5.26 Å². The van der Waals surface area contributed by atoms with E-state index < -0.39 is 0 Å². The Morgan fingerprint density at radius 1 is 1.60 bits per heavy atom. The molecule has 1 amide bonds. The third-order valence-corrected chi connectivity index (χ3v) is 4.17. The number of rotatable bonds is 9. The van der Waals surface area contributed by atoms with Crippen LogP contribution in [0.5, 0.6) is 0 Å². The summed E-state index contributed by atoms with van der Waals surface area (Å²) in [5.41, 5.74) is 0. The van der Waals surface area contributed by atoms with E-state index in [1.54, 1.807) is 22.9 Å². The van der Waals surface area contributed by atoms with Crippen LogP contribution in [0.25, 0.3) is 0 Å². The SMILES string of the molecule is CCCCS[C@H](C)C(=O)N(CCC#N)Cc1ccco1. The van der Waals surface area contributed by atoms with E-state index in [1.165, 1.54) is 0 Å². The second-order valence-electron chi connectivity index (χ2n) is 4.61. The van der Waals surface area contributed by atoms with E-state index in [-0.39, 0.29) is 11.2 Å². The maximum atomic E-state index is 12.4. The maximum Gasteiger partial charge on any atom is 0.235 e. The Hall–Kier alpha value is -1.41. The largest absolute Gasteiger partial charge is 0.467 e. The molecule has 1 aromatic heterocycles. The third kappa shape index (κ3) is 5.70. The molecule has 1 atom stereocenters. The highest BCUT2D eigenvalue weighted by molar-refractivity contribution is 8.00. The van der Waals surface area contributed by atoms with Crippen LogP contribution in [-0.4, -0.2) is 28.4 Å². The summed E-state index contributed by atoms with van der Waals surface area (Å²) < 4.78 is 5.29. The van der Waals surface area contributed by atoms with Gasteiger partial charge in [0.15, 0.2) is 0 Å². The quantitative estimate of drug-likeness (QED) is 0.655. The van der Waals surface area contributed by atoms with E-state index in [0.29, 0.717) is 19.5 Å². The van der Waals surface area contributed by atoms with Gasteiger partial charge in [0.25, 0.3) is 0 Å². The molecule has 0 fully saturated rings.